The van der Waals surface area contributed by atoms with Crippen LogP contribution in [0.15, 0.2) is 12.2 Å². The third-order valence-corrected chi connectivity index (χ3v) is 2.88. The Hall–Kier alpha value is -0.340. The number of hydrogen-bond donors (Lipinski definition) is 2. The monoisotopic (exact) mass is 227 g/mol. The maximum absolute atomic E-state index is 9.45. The van der Waals surface area contributed by atoms with Gasteiger partial charge in [0.1, 0.15) is 0 Å². The van der Waals surface area contributed by atoms with Crippen LogP contribution in [0.3, 0.4) is 0 Å². The van der Waals surface area contributed by atoms with Gasteiger partial charge in [0.25, 0.3) is 0 Å². The van der Waals surface area contributed by atoms with E-state index in [0.29, 0.717) is 6.42 Å². The van der Waals surface area contributed by atoms with Crippen LogP contribution in [0.5, 0.6) is 0 Å². The molecule has 0 saturated heterocycles. The van der Waals surface area contributed by atoms with Gasteiger partial charge < -0.3 is 10.8 Å². The van der Waals surface area contributed by atoms with Gasteiger partial charge in [-0.2, -0.15) is 0 Å². The summed E-state index contributed by atoms with van der Waals surface area (Å²) in [5, 5.41) is 9.45. The predicted molar refractivity (Wildman–Crippen MR) is 71.4 cm³/mol. The first-order valence-corrected chi connectivity index (χ1v) is 6.77. The number of nitrogens with two attached hydrogens (primary N) is 1. The molecule has 0 aliphatic carbocycles. The van der Waals surface area contributed by atoms with Crippen LogP contribution >= 0.6 is 0 Å². The van der Waals surface area contributed by atoms with Crippen LogP contribution < -0.4 is 5.73 Å². The van der Waals surface area contributed by atoms with Gasteiger partial charge in [-0.3, -0.25) is 0 Å². The zero-order chi connectivity index (χ0) is 12.2. The largest absolute Gasteiger partial charge is 0.391 e. The Morgan fingerprint density at radius 2 is 1.69 bits per heavy atom. The number of aliphatic hydroxyl groups is 1. The van der Waals surface area contributed by atoms with E-state index in [1.807, 2.05) is 6.92 Å². The van der Waals surface area contributed by atoms with E-state index in [2.05, 4.69) is 19.1 Å². The fourth-order valence-corrected chi connectivity index (χ4v) is 1.61. The lowest BCUT2D eigenvalue weighted by Crippen LogP contribution is -2.30. The van der Waals surface area contributed by atoms with Crippen molar-refractivity contribution >= 4 is 0 Å². The maximum atomic E-state index is 9.45. The van der Waals surface area contributed by atoms with E-state index in [0.717, 1.165) is 6.42 Å². The quantitative estimate of drug-likeness (QED) is 0.444. The van der Waals surface area contributed by atoms with Gasteiger partial charge >= 0.3 is 0 Å². The van der Waals surface area contributed by atoms with Crippen LogP contribution in [0.2, 0.25) is 0 Å². The summed E-state index contributed by atoms with van der Waals surface area (Å²) in [5.74, 6) is 0. The first-order valence-electron chi connectivity index (χ1n) is 6.77. The molecule has 0 radical (unpaired) electrons. The number of hydrogen-bond acceptors (Lipinski definition) is 2. The minimum Gasteiger partial charge on any atom is -0.391 e. The molecule has 3 N–H and O–H groups in total. The van der Waals surface area contributed by atoms with Crippen molar-refractivity contribution in [2.45, 2.75) is 77.4 Å². The Labute approximate surface area is 101 Å². The number of aliphatic hydroxyl groups excluding tert-OH is 1. The van der Waals surface area contributed by atoms with Crippen molar-refractivity contribution in [3.05, 3.63) is 12.2 Å². The number of rotatable bonds is 10. The second-order valence-electron chi connectivity index (χ2n) is 4.69. The van der Waals surface area contributed by atoms with Gasteiger partial charge in [0.15, 0.2) is 0 Å². The second kappa shape index (κ2) is 11.2. The first-order chi connectivity index (χ1) is 7.68. The standard InChI is InChI=1S/C14H29NO/c1-3-4-5-6-7-8-9-10-11-12-14(16)13(2)15/h10-11,13-14,16H,3-9,12,15H2,1-2H3/b11-10+. The topological polar surface area (TPSA) is 46.2 Å². The predicted octanol–water partition coefficient (Wildman–Crippen LogP) is 3.39. The van der Waals surface area contributed by atoms with Crippen LogP contribution in [0, 0.1) is 0 Å². The van der Waals surface area contributed by atoms with E-state index in [-0.39, 0.29) is 12.1 Å². The SMILES string of the molecule is CCCCCCCC/C=C/CC(O)C(C)N. The molecule has 2 nitrogen and oxygen atoms in total. The van der Waals surface area contributed by atoms with Gasteiger partial charge in [-0.05, 0) is 26.2 Å². The van der Waals surface area contributed by atoms with Crippen LogP contribution in [0.1, 0.15) is 65.2 Å². The van der Waals surface area contributed by atoms with Crippen LogP contribution in [-0.2, 0) is 0 Å². The molecule has 0 aliphatic heterocycles. The maximum Gasteiger partial charge on any atom is 0.0722 e. The van der Waals surface area contributed by atoms with Crippen molar-refractivity contribution in [1.82, 2.24) is 0 Å². The van der Waals surface area contributed by atoms with E-state index < -0.39 is 0 Å². The molecular formula is C14H29NO. The van der Waals surface area contributed by atoms with Gasteiger partial charge in [-0.15, -0.1) is 0 Å². The van der Waals surface area contributed by atoms with Crippen molar-refractivity contribution < 1.29 is 5.11 Å². The Morgan fingerprint density at radius 3 is 2.31 bits per heavy atom. The number of allylic oxidation sites excluding steroid dienone is 1. The van der Waals surface area contributed by atoms with Crippen molar-refractivity contribution in [3.63, 3.8) is 0 Å². The molecule has 2 heteroatoms. The van der Waals surface area contributed by atoms with Crippen molar-refractivity contribution in [2.75, 3.05) is 0 Å². The van der Waals surface area contributed by atoms with Crippen molar-refractivity contribution in [1.29, 1.82) is 0 Å². The second-order valence-corrected chi connectivity index (χ2v) is 4.69. The lowest BCUT2D eigenvalue weighted by Gasteiger charge is -2.11. The molecule has 0 aromatic heterocycles. The summed E-state index contributed by atoms with van der Waals surface area (Å²) in [6.07, 6.45) is 13.7. The third kappa shape index (κ3) is 10.2. The highest BCUT2D eigenvalue weighted by atomic mass is 16.3. The van der Waals surface area contributed by atoms with Gasteiger partial charge in [0, 0.05) is 6.04 Å². The summed E-state index contributed by atoms with van der Waals surface area (Å²) >= 11 is 0. The Bertz CT molecular complexity index is 166. The highest BCUT2D eigenvalue weighted by Crippen LogP contribution is 2.07. The highest BCUT2D eigenvalue weighted by Gasteiger charge is 2.05. The van der Waals surface area contributed by atoms with Gasteiger partial charge in [0.05, 0.1) is 6.10 Å². The average molecular weight is 227 g/mol. The lowest BCUT2D eigenvalue weighted by atomic mass is 10.1. The molecule has 0 rings (SSSR count). The van der Waals surface area contributed by atoms with Crippen LogP contribution in [0.4, 0.5) is 0 Å². The summed E-state index contributed by atoms with van der Waals surface area (Å²) in [5.41, 5.74) is 5.56. The minimum atomic E-state index is -0.388. The summed E-state index contributed by atoms with van der Waals surface area (Å²) in [6, 6.07) is -0.126. The summed E-state index contributed by atoms with van der Waals surface area (Å²) < 4.78 is 0. The smallest absolute Gasteiger partial charge is 0.0722 e. The van der Waals surface area contributed by atoms with E-state index >= 15 is 0 Å². The summed E-state index contributed by atoms with van der Waals surface area (Å²) in [4.78, 5) is 0. The molecule has 0 amide bonds. The Kier molecular flexibility index (Phi) is 10.9. The zero-order valence-corrected chi connectivity index (χ0v) is 11.0. The first kappa shape index (κ1) is 15.7. The summed E-state index contributed by atoms with van der Waals surface area (Å²) in [7, 11) is 0. The molecule has 0 fully saturated rings. The van der Waals surface area contributed by atoms with E-state index in [4.69, 9.17) is 5.73 Å². The highest BCUT2D eigenvalue weighted by molar-refractivity contribution is 4.86. The number of unbranched alkanes of at least 4 members (excludes halogenated alkanes) is 6. The fourth-order valence-electron chi connectivity index (χ4n) is 1.61. The third-order valence-electron chi connectivity index (χ3n) is 2.88. The molecule has 0 spiro atoms. The Balaban J connectivity index is 3.21. The molecule has 0 aromatic rings. The van der Waals surface area contributed by atoms with E-state index in [9.17, 15) is 5.11 Å². The molecule has 0 bridgehead atoms. The van der Waals surface area contributed by atoms with Gasteiger partial charge in [-0.1, -0.05) is 51.2 Å². The average Bonchev–Trinajstić information content (AvgIpc) is 2.26. The van der Waals surface area contributed by atoms with Crippen molar-refractivity contribution in [3.8, 4) is 0 Å². The van der Waals surface area contributed by atoms with E-state index in [1.54, 1.807) is 0 Å². The van der Waals surface area contributed by atoms with Gasteiger partial charge in [-0.25, -0.2) is 0 Å². The van der Waals surface area contributed by atoms with E-state index in [1.165, 1.54) is 38.5 Å². The fraction of sp³-hybridized carbons (Fsp3) is 0.857. The van der Waals surface area contributed by atoms with Crippen LogP contribution in [0.25, 0.3) is 0 Å². The van der Waals surface area contributed by atoms with Gasteiger partial charge in [0.2, 0.25) is 0 Å². The van der Waals surface area contributed by atoms with Crippen molar-refractivity contribution in [2.24, 2.45) is 5.73 Å². The Morgan fingerprint density at radius 1 is 1.06 bits per heavy atom. The molecule has 0 heterocycles. The molecule has 2 atom stereocenters. The molecule has 0 aliphatic rings. The van der Waals surface area contributed by atoms with Crippen LogP contribution in [-0.4, -0.2) is 17.3 Å². The lowest BCUT2D eigenvalue weighted by molar-refractivity contribution is 0.154. The molecule has 0 saturated carbocycles. The minimum absolute atomic E-state index is 0.126. The molecule has 16 heavy (non-hydrogen) atoms. The molecule has 0 aromatic carbocycles. The molecule has 2 unspecified atom stereocenters. The molecular weight excluding hydrogens is 198 g/mol. The normalized spacial score (nSPS) is 15.5. The summed E-state index contributed by atoms with van der Waals surface area (Å²) in [6.45, 7) is 4.08. The zero-order valence-electron chi connectivity index (χ0n) is 11.0. The molecule has 96 valence electrons.